The largest absolute Gasteiger partial charge is 0.417 e. The zero-order chi connectivity index (χ0) is 15.8. The molecule has 0 aliphatic heterocycles. The number of allylic oxidation sites excluding steroid dienone is 2. The number of nitrogens with one attached hydrogen (secondary N) is 1. The highest BCUT2D eigenvalue weighted by Gasteiger charge is 2.33. The normalized spacial score (nSPS) is 18.4. The van der Waals surface area contributed by atoms with Crippen molar-refractivity contribution in [2.45, 2.75) is 32.9 Å². The summed E-state index contributed by atoms with van der Waals surface area (Å²) in [6.45, 7) is 3.94. The molecule has 0 atom stereocenters. The van der Waals surface area contributed by atoms with E-state index in [2.05, 4.69) is 5.32 Å². The summed E-state index contributed by atoms with van der Waals surface area (Å²) in [6, 6.07) is 3.46. The fourth-order valence-corrected chi connectivity index (χ4v) is 2.72. The highest BCUT2D eigenvalue weighted by Crippen LogP contribution is 2.37. The first-order chi connectivity index (χ1) is 9.57. The molecule has 6 heteroatoms. The molecule has 1 aliphatic rings. The maximum absolute atomic E-state index is 12.6. The molecule has 2 nitrogen and oxygen atoms in total. The van der Waals surface area contributed by atoms with Gasteiger partial charge in [-0.25, -0.2) is 0 Å². The third kappa shape index (κ3) is 4.00. The molecule has 114 valence electrons. The van der Waals surface area contributed by atoms with Crippen molar-refractivity contribution in [2.75, 3.05) is 5.32 Å². The molecule has 2 rings (SSSR count). The Kier molecular flexibility index (Phi) is 4.06. The average molecular weight is 318 g/mol. The number of halogens is 4. The summed E-state index contributed by atoms with van der Waals surface area (Å²) in [6.07, 6.45) is -1.86. The Labute approximate surface area is 126 Å². The van der Waals surface area contributed by atoms with E-state index in [1.54, 1.807) is 0 Å². The Morgan fingerprint density at radius 1 is 1.24 bits per heavy atom. The molecule has 0 fully saturated rings. The first-order valence-electron chi connectivity index (χ1n) is 6.44. The predicted molar refractivity (Wildman–Crippen MR) is 76.2 cm³/mol. The van der Waals surface area contributed by atoms with E-state index in [1.807, 2.05) is 13.8 Å². The molecule has 1 aromatic rings. The number of hydrogen-bond acceptors (Lipinski definition) is 2. The molecule has 1 N–H and O–H groups in total. The SMILES string of the molecule is CC1(C)CC(=O)C=C(Nc2ccc(C(F)(F)F)c(Cl)c2)C1. The van der Waals surface area contributed by atoms with E-state index >= 15 is 0 Å². The second-order valence-corrected chi connectivity index (χ2v) is 6.38. The zero-order valence-electron chi connectivity index (χ0n) is 11.6. The fourth-order valence-electron chi connectivity index (χ4n) is 2.43. The minimum absolute atomic E-state index is 0.00626. The van der Waals surface area contributed by atoms with E-state index in [9.17, 15) is 18.0 Å². The lowest BCUT2D eigenvalue weighted by Crippen LogP contribution is -2.24. The highest BCUT2D eigenvalue weighted by molar-refractivity contribution is 6.31. The monoisotopic (exact) mass is 317 g/mol. The van der Waals surface area contributed by atoms with Gasteiger partial charge in [-0.1, -0.05) is 25.4 Å². The van der Waals surface area contributed by atoms with Gasteiger partial charge in [0, 0.05) is 23.9 Å². The summed E-state index contributed by atoms with van der Waals surface area (Å²) in [4.78, 5) is 11.6. The lowest BCUT2D eigenvalue weighted by Gasteiger charge is -2.29. The smallest absolute Gasteiger partial charge is 0.359 e. The lowest BCUT2D eigenvalue weighted by molar-refractivity contribution is -0.137. The molecule has 0 bridgehead atoms. The highest BCUT2D eigenvalue weighted by atomic mass is 35.5. The van der Waals surface area contributed by atoms with E-state index in [0.29, 0.717) is 24.2 Å². The summed E-state index contributed by atoms with van der Waals surface area (Å²) in [5, 5.41) is 2.61. The first kappa shape index (κ1) is 15.9. The Morgan fingerprint density at radius 2 is 1.90 bits per heavy atom. The summed E-state index contributed by atoms with van der Waals surface area (Å²) < 4.78 is 37.9. The van der Waals surface area contributed by atoms with Crippen LogP contribution in [0, 0.1) is 5.41 Å². The number of carbonyl (C=O) groups excluding carboxylic acids is 1. The molecule has 1 aromatic carbocycles. The van der Waals surface area contributed by atoms with Crippen molar-refractivity contribution in [3.8, 4) is 0 Å². The van der Waals surface area contributed by atoms with E-state index in [1.165, 1.54) is 18.2 Å². The first-order valence-corrected chi connectivity index (χ1v) is 6.82. The molecule has 0 saturated carbocycles. The molecule has 1 aliphatic carbocycles. The van der Waals surface area contributed by atoms with Crippen LogP contribution in [0.1, 0.15) is 32.3 Å². The number of benzene rings is 1. The third-order valence-corrected chi connectivity index (χ3v) is 3.55. The van der Waals surface area contributed by atoms with Gasteiger partial charge in [-0.15, -0.1) is 0 Å². The molecule has 0 heterocycles. The van der Waals surface area contributed by atoms with Gasteiger partial charge in [0.1, 0.15) is 0 Å². The average Bonchev–Trinajstić information content (AvgIpc) is 2.23. The maximum Gasteiger partial charge on any atom is 0.417 e. The summed E-state index contributed by atoms with van der Waals surface area (Å²) in [5.41, 5.74) is 0.0877. The topological polar surface area (TPSA) is 29.1 Å². The van der Waals surface area contributed by atoms with E-state index in [-0.39, 0.29) is 16.2 Å². The molecule has 0 radical (unpaired) electrons. The minimum atomic E-state index is -4.47. The summed E-state index contributed by atoms with van der Waals surface area (Å²) in [5.74, 6) is 0.00626. The Hall–Kier alpha value is -1.49. The van der Waals surface area contributed by atoms with Crippen molar-refractivity contribution in [2.24, 2.45) is 5.41 Å². The van der Waals surface area contributed by atoms with Crippen molar-refractivity contribution in [1.82, 2.24) is 0 Å². The van der Waals surface area contributed by atoms with Gasteiger partial charge in [0.05, 0.1) is 10.6 Å². The molecular weight excluding hydrogens is 303 g/mol. The minimum Gasteiger partial charge on any atom is -0.359 e. The maximum atomic E-state index is 12.6. The van der Waals surface area contributed by atoms with Crippen LogP contribution >= 0.6 is 11.6 Å². The lowest BCUT2D eigenvalue weighted by atomic mass is 9.79. The van der Waals surface area contributed by atoms with Gasteiger partial charge in [-0.05, 0) is 30.0 Å². The molecular formula is C15H15ClF3NO. The van der Waals surface area contributed by atoms with Crippen molar-refractivity contribution < 1.29 is 18.0 Å². The Morgan fingerprint density at radius 3 is 2.43 bits per heavy atom. The number of ketones is 1. The zero-order valence-corrected chi connectivity index (χ0v) is 12.4. The second-order valence-electron chi connectivity index (χ2n) is 5.97. The van der Waals surface area contributed by atoms with Gasteiger partial charge in [-0.2, -0.15) is 13.2 Å². The van der Waals surface area contributed by atoms with Crippen molar-refractivity contribution in [3.05, 3.63) is 40.6 Å². The van der Waals surface area contributed by atoms with Crippen molar-refractivity contribution >= 4 is 23.1 Å². The standard InChI is InChI=1S/C15H15ClF3NO/c1-14(2)7-10(5-11(21)8-14)20-9-3-4-12(13(16)6-9)15(17,18)19/h3-6,20H,7-8H2,1-2H3. The van der Waals surface area contributed by atoms with Crippen molar-refractivity contribution in [1.29, 1.82) is 0 Å². The van der Waals surface area contributed by atoms with Crippen LogP contribution in [0.25, 0.3) is 0 Å². The fraction of sp³-hybridized carbons (Fsp3) is 0.400. The van der Waals surface area contributed by atoms with E-state index in [0.717, 1.165) is 6.07 Å². The van der Waals surface area contributed by atoms with Crippen LogP contribution in [-0.2, 0) is 11.0 Å². The van der Waals surface area contributed by atoms with Gasteiger partial charge >= 0.3 is 6.18 Å². The van der Waals surface area contributed by atoms with Gasteiger partial charge in [-0.3, -0.25) is 4.79 Å². The van der Waals surface area contributed by atoms with Crippen LogP contribution < -0.4 is 5.32 Å². The van der Waals surface area contributed by atoms with Crippen LogP contribution in [0.2, 0.25) is 5.02 Å². The number of carbonyl (C=O) groups is 1. The third-order valence-electron chi connectivity index (χ3n) is 3.24. The van der Waals surface area contributed by atoms with Gasteiger partial charge in [0.25, 0.3) is 0 Å². The molecule has 0 aromatic heterocycles. The van der Waals surface area contributed by atoms with E-state index in [4.69, 9.17) is 11.6 Å². The van der Waals surface area contributed by atoms with Crippen LogP contribution in [0.4, 0.5) is 18.9 Å². The van der Waals surface area contributed by atoms with Crippen LogP contribution in [0.15, 0.2) is 30.0 Å². The predicted octanol–water partition coefficient (Wildman–Crippen LogP) is 5.04. The number of anilines is 1. The van der Waals surface area contributed by atoms with Crippen LogP contribution in [-0.4, -0.2) is 5.78 Å². The van der Waals surface area contributed by atoms with Crippen LogP contribution in [0.5, 0.6) is 0 Å². The number of alkyl halides is 3. The molecule has 21 heavy (non-hydrogen) atoms. The number of hydrogen-bond donors (Lipinski definition) is 1. The van der Waals surface area contributed by atoms with E-state index < -0.39 is 11.7 Å². The van der Waals surface area contributed by atoms with Gasteiger partial charge in [0.15, 0.2) is 5.78 Å². The molecule has 0 unspecified atom stereocenters. The molecule has 0 saturated heterocycles. The van der Waals surface area contributed by atoms with Crippen molar-refractivity contribution in [3.63, 3.8) is 0 Å². The van der Waals surface area contributed by atoms with Gasteiger partial charge in [0.2, 0.25) is 0 Å². The number of rotatable bonds is 2. The summed E-state index contributed by atoms with van der Waals surface area (Å²) in [7, 11) is 0. The Bertz CT molecular complexity index is 605. The molecule has 0 spiro atoms. The van der Waals surface area contributed by atoms with Gasteiger partial charge < -0.3 is 5.32 Å². The quantitative estimate of drug-likeness (QED) is 0.827. The Balaban J connectivity index is 2.21. The van der Waals surface area contributed by atoms with Crippen LogP contribution in [0.3, 0.4) is 0 Å². The summed E-state index contributed by atoms with van der Waals surface area (Å²) >= 11 is 5.67. The second kappa shape index (κ2) is 5.37. The molecule has 0 amide bonds.